The number of fused-ring (bicyclic) bond motifs is 3. The molecule has 0 radical (unpaired) electrons. The van der Waals surface area contributed by atoms with E-state index in [1.54, 1.807) is 34.1 Å². The van der Waals surface area contributed by atoms with Crippen molar-refractivity contribution in [1.29, 1.82) is 0 Å². The molecule has 17 nitrogen and oxygen atoms in total. The Labute approximate surface area is 409 Å². The number of esters is 1. The zero-order valence-electron chi connectivity index (χ0n) is 43.0. The summed E-state index contributed by atoms with van der Waals surface area (Å²) in [5.74, 6) is -7.19. The van der Waals surface area contributed by atoms with Gasteiger partial charge in [0.15, 0.2) is 5.78 Å². The Morgan fingerprint density at radius 3 is 2.32 bits per heavy atom. The number of hydrogen-bond donors (Lipinski definition) is 2. The van der Waals surface area contributed by atoms with Gasteiger partial charge in [-0.2, -0.15) is 0 Å². The van der Waals surface area contributed by atoms with Gasteiger partial charge in [-0.25, -0.2) is 4.79 Å². The van der Waals surface area contributed by atoms with Crippen molar-refractivity contribution in [2.24, 2.45) is 45.8 Å². The smallest absolute Gasteiger partial charge is 0.329 e. The van der Waals surface area contributed by atoms with E-state index < -0.39 is 77.8 Å². The summed E-state index contributed by atoms with van der Waals surface area (Å²) in [7, 11) is 6.01. The number of Topliss-reactive ketones (excluding diaryl/α,β-unsaturated/α-hetero) is 2. The van der Waals surface area contributed by atoms with Gasteiger partial charge in [-0.1, -0.05) is 81.3 Å². The molecule has 0 aromatic carbocycles. The fourth-order valence-corrected chi connectivity index (χ4v) is 10.6. The Kier molecular flexibility index (Phi) is 22.8. The summed E-state index contributed by atoms with van der Waals surface area (Å²) < 4.78 is 29.9. The number of piperidine rings is 1. The number of ketones is 2. The molecule has 17 heteroatoms. The van der Waals surface area contributed by atoms with Gasteiger partial charge in [-0.3, -0.25) is 14.4 Å². The van der Waals surface area contributed by atoms with Crippen LogP contribution >= 0.6 is 0 Å². The lowest BCUT2D eigenvalue weighted by atomic mass is 9.77. The highest BCUT2D eigenvalue weighted by Crippen LogP contribution is 2.38. The first-order valence-electron chi connectivity index (χ1n) is 24.9. The zero-order chi connectivity index (χ0) is 51.0. The Hall–Kier alpha value is -4.22. The summed E-state index contributed by atoms with van der Waals surface area (Å²) in [6.07, 6.45) is 12.8. The van der Waals surface area contributed by atoms with Gasteiger partial charge in [0.05, 0.1) is 30.1 Å². The van der Waals surface area contributed by atoms with E-state index >= 15 is 0 Å². The number of hydrogen-bond acceptors (Lipinski definition) is 14. The average molecular weight is 968 g/mol. The van der Waals surface area contributed by atoms with Gasteiger partial charge in [0.25, 0.3) is 11.7 Å². The standard InChI is InChI=1S/C52H81N5O12/c1-31-17-13-12-14-18-32(2)43(64-8)29-39-22-20-37(7)52(63,69-39)49(60)50(61)57-24-16-15-19-42(57)51(62)68-44(34(4)27-38-21-23-40(54-56-53)45(28-38)65-9)30-41(55-67-11)33(3)26-36(6)47(59)48(66-10)46(58)35(5)25-31/h12-14,17-18,26,31,33-35,37-40,42-45,47-48,59,63H,15-16,19-25,27-30H2,1-11H3/b14-12+,17-13+,32-18+,36-26+,55-41?/t31-,33-,34-,35-,37-,38+,39+,40+,42+,43+,44+,45-,47-,48+,52-/m1/s1. The summed E-state index contributed by atoms with van der Waals surface area (Å²) in [4.78, 5) is 66.7. The SMILES string of the molecule is CON=C1C[C@@H]([C@H](C)C[C@@H]2CC[C@H](N=[N+]=[N-])[C@H](OC)C2)OC(=O)[C@@H]2CCCCN2C(=O)C(=O)[C@]2(O)O[C@@H](CC[C@H]2C)C[C@H](OC)/C(C)=C/C=C/C=C/[C@@H](C)C[C@@H](C)C(=O)[C@H](OC)[C@H](O)/C(C)=C/[C@H]1C. The Balaban J connectivity index is 1.75. The van der Waals surface area contributed by atoms with Crippen molar-refractivity contribution in [2.75, 3.05) is 35.0 Å². The van der Waals surface area contributed by atoms with E-state index in [-0.39, 0.29) is 55.1 Å². The quantitative estimate of drug-likeness (QED) is 0.0450. The average Bonchev–Trinajstić information content (AvgIpc) is 3.33. The largest absolute Gasteiger partial charge is 0.460 e. The molecule has 1 amide bonds. The number of oxime groups is 1. The van der Waals surface area contributed by atoms with Crippen LogP contribution in [0.3, 0.4) is 0 Å². The number of aliphatic hydroxyl groups excluding tert-OH is 1. The first-order valence-corrected chi connectivity index (χ1v) is 24.9. The molecule has 1 saturated carbocycles. The Bertz CT molecular complexity index is 1950. The lowest BCUT2D eigenvalue weighted by Gasteiger charge is -2.42. The number of carbonyl (C=O) groups excluding carboxylic acids is 4. The van der Waals surface area contributed by atoms with Crippen LogP contribution in [0.5, 0.6) is 0 Å². The molecule has 0 aromatic rings. The van der Waals surface area contributed by atoms with Gasteiger partial charge in [0.2, 0.25) is 5.79 Å². The molecule has 4 rings (SSSR count). The number of methoxy groups -OCH3 is 3. The number of amides is 1. The summed E-state index contributed by atoms with van der Waals surface area (Å²) in [6, 6.07) is -1.41. The van der Waals surface area contributed by atoms with Gasteiger partial charge in [-0.15, -0.1) is 0 Å². The van der Waals surface area contributed by atoms with Crippen LogP contribution in [-0.4, -0.2) is 134 Å². The second-order valence-electron chi connectivity index (χ2n) is 20.1. The fourth-order valence-electron chi connectivity index (χ4n) is 10.6. The van der Waals surface area contributed by atoms with E-state index in [1.165, 1.54) is 19.1 Å². The van der Waals surface area contributed by atoms with Gasteiger partial charge >= 0.3 is 5.97 Å². The van der Waals surface area contributed by atoms with Crippen LogP contribution < -0.4 is 0 Å². The molecule has 4 aliphatic rings. The van der Waals surface area contributed by atoms with E-state index in [0.717, 1.165) is 12.0 Å². The summed E-state index contributed by atoms with van der Waals surface area (Å²) in [6.45, 7) is 13.1. The van der Waals surface area contributed by atoms with Crippen LogP contribution in [0.1, 0.15) is 126 Å². The van der Waals surface area contributed by atoms with Crippen molar-refractivity contribution in [3.8, 4) is 0 Å². The van der Waals surface area contributed by atoms with E-state index in [2.05, 4.69) is 15.2 Å². The predicted octanol–water partition coefficient (Wildman–Crippen LogP) is 7.93. The number of rotatable bonds is 8. The zero-order valence-corrected chi connectivity index (χ0v) is 43.0. The maximum Gasteiger partial charge on any atom is 0.329 e. The van der Waals surface area contributed by atoms with Crippen molar-refractivity contribution >= 4 is 29.2 Å². The number of azide groups is 1. The first-order chi connectivity index (χ1) is 32.8. The summed E-state index contributed by atoms with van der Waals surface area (Å²) in [5, 5.41) is 32.0. The van der Waals surface area contributed by atoms with Crippen LogP contribution in [0, 0.1) is 35.5 Å². The molecule has 0 aromatic heterocycles. The second kappa shape index (κ2) is 27.4. The highest BCUT2D eigenvalue weighted by Gasteiger charge is 2.53. The van der Waals surface area contributed by atoms with Gasteiger partial charge in [-0.05, 0) is 112 Å². The Morgan fingerprint density at radius 1 is 0.913 bits per heavy atom. The van der Waals surface area contributed by atoms with Crippen LogP contribution in [0.15, 0.2) is 57.9 Å². The molecule has 0 unspecified atom stereocenters. The van der Waals surface area contributed by atoms with Gasteiger partial charge < -0.3 is 43.6 Å². The minimum Gasteiger partial charge on any atom is -0.460 e. The third-order valence-corrected chi connectivity index (χ3v) is 14.9. The molecule has 3 aliphatic heterocycles. The molecule has 0 spiro atoms. The van der Waals surface area contributed by atoms with Crippen LogP contribution in [0.2, 0.25) is 0 Å². The van der Waals surface area contributed by atoms with Crippen molar-refractivity contribution in [3.63, 3.8) is 0 Å². The van der Waals surface area contributed by atoms with Crippen LogP contribution in [-0.2, 0) is 47.7 Å². The number of cyclic esters (lactones) is 1. The molecular weight excluding hydrogens is 887 g/mol. The van der Waals surface area contributed by atoms with Crippen LogP contribution in [0.25, 0.3) is 10.4 Å². The molecule has 2 N–H and O–H groups in total. The van der Waals surface area contributed by atoms with Gasteiger partial charge in [0.1, 0.15) is 31.5 Å². The minimum atomic E-state index is -2.43. The number of ether oxygens (including phenoxy) is 5. The second-order valence-corrected chi connectivity index (χ2v) is 20.1. The molecule has 15 atom stereocenters. The monoisotopic (exact) mass is 968 g/mol. The highest BCUT2D eigenvalue weighted by atomic mass is 16.6. The molecule has 386 valence electrons. The number of carbonyl (C=O) groups is 4. The Morgan fingerprint density at radius 2 is 1.65 bits per heavy atom. The molecule has 2 saturated heterocycles. The third-order valence-electron chi connectivity index (χ3n) is 14.9. The number of aliphatic hydroxyl groups is 2. The van der Waals surface area contributed by atoms with Crippen molar-refractivity contribution < 1.29 is 57.9 Å². The fraction of sp³-hybridized carbons (Fsp3) is 0.750. The topological polar surface area (TPSA) is 228 Å². The summed E-state index contributed by atoms with van der Waals surface area (Å²) >= 11 is 0. The van der Waals surface area contributed by atoms with E-state index in [9.17, 15) is 29.4 Å². The highest BCUT2D eigenvalue weighted by molar-refractivity contribution is 6.39. The molecule has 69 heavy (non-hydrogen) atoms. The van der Waals surface area contributed by atoms with Crippen LogP contribution in [0.4, 0.5) is 0 Å². The third kappa shape index (κ3) is 15.4. The lowest BCUT2D eigenvalue weighted by molar-refractivity contribution is -0.265. The normalized spacial score (nSPS) is 39.1. The molecule has 2 bridgehead atoms. The van der Waals surface area contributed by atoms with E-state index in [1.807, 2.05) is 65.0 Å². The predicted molar refractivity (Wildman–Crippen MR) is 262 cm³/mol. The molecular formula is C52H81N5O12. The minimum absolute atomic E-state index is 0.0269. The number of allylic oxidation sites excluding steroid dienone is 6. The maximum absolute atomic E-state index is 14.6. The molecule has 1 aliphatic carbocycles. The van der Waals surface area contributed by atoms with E-state index in [4.69, 9.17) is 34.1 Å². The summed E-state index contributed by atoms with van der Waals surface area (Å²) in [5.41, 5.74) is 11.0. The maximum atomic E-state index is 14.6. The van der Waals surface area contributed by atoms with Gasteiger partial charge in [0, 0.05) is 63.4 Å². The lowest BCUT2D eigenvalue weighted by Crippen LogP contribution is -2.61. The van der Waals surface area contributed by atoms with E-state index in [0.29, 0.717) is 69.1 Å². The molecule has 3 fully saturated rings. The van der Waals surface area contributed by atoms with Crippen molar-refractivity contribution in [2.45, 2.75) is 180 Å². The number of nitrogens with zero attached hydrogens (tertiary/aromatic N) is 5. The van der Waals surface area contributed by atoms with Crippen molar-refractivity contribution in [1.82, 2.24) is 4.90 Å². The first kappa shape index (κ1) is 57.4. The van der Waals surface area contributed by atoms with Crippen molar-refractivity contribution in [3.05, 3.63) is 58.0 Å². The molecule has 3 heterocycles.